The topological polar surface area (TPSA) is 122 Å². The van der Waals surface area contributed by atoms with Crippen LogP contribution >= 0.6 is 0 Å². The zero-order chi connectivity index (χ0) is 14.9. The number of imide groups is 1. The molecule has 1 fully saturated rings. The number of piperidine rings is 1. The number of nitrogen functional groups attached to an aromatic ring is 1. The Balaban J connectivity index is 2.24. The van der Waals surface area contributed by atoms with Crippen LogP contribution in [0.5, 0.6) is 0 Å². The van der Waals surface area contributed by atoms with Gasteiger partial charge < -0.3 is 16.2 Å². The molecule has 2 rings (SSSR count). The minimum Gasteiger partial charge on any atom is -0.478 e. The quantitative estimate of drug-likeness (QED) is 0.471. The first-order valence-corrected chi connectivity index (χ1v) is 6.12. The predicted octanol–water partition coefficient (Wildman–Crippen LogP) is 0.493. The molecule has 1 aromatic rings. The fourth-order valence-corrected chi connectivity index (χ4v) is 2.09. The Hall–Kier alpha value is -2.57. The van der Waals surface area contributed by atoms with Crippen LogP contribution in [0.25, 0.3) is 0 Å². The van der Waals surface area contributed by atoms with Gasteiger partial charge in [0, 0.05) is 17.8 Å². The van der Waals surface area contributed by atoms with E-state index in [1.54, 1.807) is 13.0 Å². The highest BCUT2D eigenvalue weighted by Crippen LogP contribution is 2.24. The van der Waals surface area contributed by atoms with Crippen LogP contribution in [0.2, 0.25) is 0 Å². The zero-order valence-electron chi connectivity index (χ0n) is 10.9. The lowest BCUT2D eigenvalue weighted by atomic mass is 10.0. The van der Waals surface area contributed by atoms with Crippen LogP contribution in [0, 0.1) is 6.92 Å². The first-order valence-electron chi connectivity index (χ1n) is 6.12. The number of rotatable bonds is 3. The first-order chi connectivity index (χ1) is 9.38. The molecule has 7 heteroatoms. The number of aryl methyl sites for hydroxylation is 1. The van der Waals surface area contributed by atoms with Crippen LogP contribution in [-0.2, 0) is 9.59 Å². The number of hydrogen-bond acceptors (Lipinski definition) is 5. The summed E-state index contributed by atoms with van der Waals surface area (Å²) < 4.78 is 0. The number of hydrogen-bond donors (Lipinski definition) is 4. The molecule has 2 amide bonds. The van der Waals surface area contributed by atoms with Gasteiger partial charge in [-0.1, -0.05) is 0 Å². The highest BCUT2D eigenvalue weighted by molar-refractivity contribution is 6.02. The molecule has 0 bridgehead atoms. The minimum atomic E-state index is -1.13. The van der Waals surface area contributed by atoms with Gasteiger partial charge in [0.15, 0.2) is 0 Å². The van der Waals surface area contributed by atoms with Gasteiger partial charge in [0.2, 0.25) is 11.8 Å². The van der Waals surface area contributed by atoms with Gasteiger partial charge in [-0.15, -0.1) is 0 Å². The van der Waals surface area contributed by atoms with E-state index in [9.17, 15) is 14.4 Å². The van der Waals surface area contributed by atoms with Crippen molar-refractivity contribution in [2.24, 2.45) is 0 Å². The smallest absolute Gasteiger partial charge is 0.337 e. The van der Waals surface area contributed by atoms with Crippen molar-refractivity contribution in [3.63, 3.8) is 0 Å². The van der Waals surface area contributed by atoms with E-state index in [0.29, 0.717) is 17.7 Å². The number of benzene rings is 1. The lowest BCUT2D eigenvalue weighted by molar-refractivity contribution is -0.133. The maximum Gasteiger partial charge on any atom is 0.337 e. The van der Waals surface area contributed by atoms with Crippen molar-refractivity contribution in [2.75, 3.05) is 11.1 Å². The van der Waals surface area contributed by atoms with E-state index in [1.807, 2.05) is 0 Å². The Bertz CT molecular complexity index is 598. The fourth-order valence-electron chi connectivity index (χ4n) is 2.09. The van der Waals surface area contributed by atoms with Crippen molar-refractivity contribution < 1.29 is 19.5 Å². The lowest BCUT2D eigenvalue weighted by Gasteiger charge is -2.23. The summed E-state index contributed by atoms with van der Waals surface area (Å²) in [6.07, 6.45) is 0.625. The van der Waals surface area contributed by atoms with Gasteiger partial charge in [0.1, 0.15) is 6.04 Å². The number of nitrogens with one attached hydrogen (secondary N) is 2. The van der Waals surface area contributed by atoms with Crippen LogP contribution in [0.15, 0.2) is 12.1 Å². The summed E-state index contributed by atoms with van der Waals surface area (Å²) in [7, 11) is 0. The van der Waals surface area contributed by atoms with Crippen LogP contribution in [0.3, 0.4) is 0 Å². The number of carboxylic acids is 1. The summed E-state index contributed by atoms with van der Waals surface area (Å²) in [5, 5.41) is 14.2. The SMILES string of the molecule is Cc1cc(NC2CCC(=O)NC2=O)cc(C(=O)O)c1N. The maximum absolute atomic E-state index is 11.6. The molecule has 7 nitrogen and oxygen atoms in total. The van der Waals surface area contributed by atoms with E-state index in [1.165, 1.54) is 6.07 Å². The van der Waals surface area contributed by atoms with E-state index in [2.05, 4.69) is 10.6 Å². The second-order valence-corrected chi connectivity index (χ2v) is 4.71. The molecule has 106 valence electrons. The zero-order valence-corrected chi connectivity index (χ0v) is 10.9. The summed E-state index contributed by atoms with van der Waals surface area (Å²) in [4.78, 5) is 33.8. The van der Waals surface area contributed by atoms with E-state index in [4.69, 9.17) is 10.8 Å². The van der Waals surface area contributed by atoms with Crippen molar-refractivity contribution in [1.82, 2.24) is 5.32 Å². The molecule has 1 heterocycles. The second kappa shape index (κ2) is 5.20. The summed E-state index contributed by atoms with van der Waals surface area (Å²) in [6.45, 7) is 1.69. The number of amides is 2. The van der Waals surface area contributed by atoms with Gasteiger partial charge >= 0.3 is 5.97 Å². The van der Waals surface area contributed by atoms with Crippen LogP contribution < -0.4 is 16.4 Å². The van der Waals surface area contributed by atoms with Crippen LogP contribution in [0.4, 0.5) is 11.4 Å². The number of carbonyl (C=O) groups is 3. The molecule has 0 radical (unpaired) electrons. The third kappa shape index (κ3) is 2.71. The largest absolute Gasteiger partial charge is 0.478 e. The molecule has 1 aliphatic rings. The Morgan fingerprint density at radius 2 is 2.15 bits per heavy atom. The Kier molecular flexibility index (Phi) is 3.60. The number of nitrogens with two attached hydrogens (primary N) is 1. The second-order valence-electron chi connectivity index (χ2n) is 4.71. The summed E-state index contributed by atoms with van der Waals surface area (Å²) in [5.74, 6) is -1.84. The number of carbonyl (C=O) groups excluding carboxylic acids is 2. The summed E-state index contributed by atoms with van der Waals surface area (Å²) in [5.41, 5.74) is 6.99. The molecular formula is C13H15N3O4. The third-order valence-corrected chi connectivity index (χ3v) is 3.20. The average Bonchev–Trinajstić information content (AvgIpc) is 2.36. The highest BCUT2D eigenvalue weighted by atomic mass is 16.4. The lowest BCUT2D eigenvalue weighted by Crippen LogP contribution is -2.47. The monoisotopic (exact) mass is 277 g/mol. The molecule has 0 aliphatic carbocycles. The van der Waals surface area contributed by atoms with Gasteiger partial charge in [0.25, 0.3) is 0 Å². The molecule has 1 saturated heterocycles. The Morgan fingerprint density at radius 1 is 1.45 bits per heavy atom. The molecular weight excluding hydrogens is 262 g/mol. The van der Waals surface area contributed by atoms with Gasteiger partial charge in [-0.3, -0.25) is 14.9 Å². The molecule has 1 unspecified atom stereocenters. The van der Waals surface area contributed by atoms with Gasteiger partial charge in [0.05, 0.1) is 5.56 Å². The summed E-state index contributed by atoms with van der Waals surface area (Å²) >= 11 is 0. The van der Waals surface area contributed by atoms with E-state index in [-0.39, 0.29) is 23.6 Å². The van der Waals surface area contributed by atoms with Gasteiger partial charge in [-0.2, -0.15) is 0 Å². The van der Waals surface area contributed by atoms with Crippen molar-refractivity contribution in [3.05, 3.63) is 23.3 Å². The van der Waals surface area contributed by atoms with Crippen LogP contribution in [0.1, 0.15) is 28.8 Å². The van der Waals surface area contributed by atoms with Crippen molar-refractivity contribution in [2.45, 2.75) is 25.8 Å². The number of carboxylic acid groups (broad SMARTS) is 1. The highest BCUT2D eigenvalue weighted by Gasteiger charge is 2.26. The first kappa shape index (κ1) is 13.9. The van der Waals surface area contributed by atoms with Crippen molar-refractivity contribution in [3.8, 4) is 0 Å². The number of anilines is 2. The number of aromatic carboxylic acids is 1. The standard InChI is InChI=1S/C13H15N3O4/c1-6-4-7(5-8(11(6)14)13(19)20)15-9-2-3-10(17)16-12(9)18/h4-5,9,15H,2-3,14H2,1H3,(H,19,20)(H,16,17,18). The molecule has 1 aromatic carbocycles. The molecule has 1 aliphatic heterocycles. The van der Waals surface area contributed by atoms with Gasteiger partial charge in [-0.25, -0.2) is 4.79 Å². The third-order valence-electron chi connectivity index (χ3n) is 3.20. The normalized spacial score (nSPS) is 18.6. The van der Waals surface area contributed by atoms with Crippen LogP contribution in [-0.4, -0.2) is 28.9 Å². The molecule has 5 N–H and O–H groups in total. The minimum absolute atomic E-state index is 0.0141. The molecule has 0 aromatic heterocycles. The molecule has 0 saturated carbocycles. The van der Waals surface area contributed by atoms with Crippen molar-refractivity contribution in [1.29, 1.82) is 0 Å². The maximum atomic E-state index is 11.6. The molecule has 1 atom stereocenters. The molecule has 0 spiro atoms. The average molecular weight is 277 g/mol. The van der Waals surface area contributed by atoms with Gasteiger partial charge in [-0.05, 0) is 31.0 Å². The Labute approximate surface area is 115 Å². The Morgan fingerprint density at radius 3 is 2.75 bits per heavy atom. The van der Waals surface area contributed by atoms with E-state index < -0.39 is 17.9 Å². The molecule has 20 heavy (non-hydrogen) atoms. The van der Waals surface area contributed by atoms with E-state index >= 15 is 0 Å². The van der Waals surface area contributed by atoms with E-state index in [0.717, 1.165) is 0 Å². The fraction of sp³-hybridized carbons (Fsp3) is 0.308. The van der Waals surface area contributed by atoms with Crippen molar-refractivity contribution >= 4 is 29.2 Å². The predicted molar refractivity (Wildman–Crippen MR) is 72.3 cm³/mol. The summed E-state index contributed by atoms with van der Waals surface area (Å²) in [6, 6.07) is 2.50.